The molecular weight excluding hydrogens is 535 g/mol. The van der Waals surface area contributed by atoms with Gasteiger partial charge in [0.15, 0.2) is 5.58 Å². The highest BCUT2D eigenvalue weighted by Gasteiger charge is 2.35. The molecule has 1 fully saturated rings. The summed E-state index contributed by atoms with van der Waals surface area (Å²) in [5, 5.41) is 15.2. The molecule has 2 aromatic heterocycles. The number of rotatable bonds is 13. The summed E-state index contributed by atoms with van der Waals surface area (Å²) in [5.41, 5.74) is 2.87. The fourth-order valence-electron chi connectivity index (χ4n) is 7.05. The van der Waals surface area contributed by atoms with Crippen molar-refractivity contribution < 1.29 is 18.8 Å². The molecule has 0 saturated carbocycles. The van der Waals surface area contributed by atoms with Crippen molar-refractivity contribution in [1.29, 1.82) is 0 Å². The van der Waals surface area contributed by atoms with Crippen LogP contribution in [-0.2, 0) is 17.8 Å². The van der Waals surface area contributed by atoms with Gasteiger partial charge in [-0.15, -0.1) is 0 Å². The van der Waals surface area contributed by atoms with Crippen LogP contribution in [0.2, 0.25) is 0 Å². The van der Waals surface area contributed by atoms with Gasteiger partial charge < -0.3 is 14.5 Å². The molecule has 2 aliphatic heterocycles. The average Bonchev–Trinajstić information content (AvgIpc) is 3.40. The van der Waals surface area contributed by atoms with Gasteiger partial charge in [0, 0.05) is 47.6 Å². The number of aromatic nitrogens is 3. The first-order valence-corrected chi connectivity index (χ1v) is 16.0. The van der Waals surface area contributed by atoms with E-state index in [2.05, 4.69) is 17.0 Å². The van der Waals surface area contributed by atoms with E-state index in [9.17, 15) is 19.1 Å². The number of aryl methyl sites for hydroxylation is 1. The van der Waals surface area contributed by atoms with Gasteiger partial charge in [-0.3, -0.25) is 14.2 Å². The van der Waals surface area contributed by atoms with E-state index in [-0.39, 0.29) is 23.2 Å². The van der Waals surface area contributed by atoms with E-state index in [1.165, 1.54) is 31.4 Å². The van der Waals surface area contributed by atoms with Gasteiger partial charge in [0.2, 0.25) is 0 Å². The normalized spacial score (nSPS) is 18.8. The molecule has 4 heterocycles. The number of fused-ring (bicyclic) bond motifs is 2. The van der Waals surface area contributed by atoms with Gasteiger partial charge in [-0.05, 0) is 70.7 Å². The Morgan fingerprint density at radius 3 is 2.64 bits per heavy atom. The second-order valence-electron chi connectivity index (χ2n) is 12.3. The van der Waals surface area contributed by atoms with Crippen LogP contribution in [0.25, 0.3) is 11.0 Å². The van der Waals surface area contributed by atoms with Crippen LogP contribution in [0.15, 0.2) is 27.5 Å². The van der Waals surface area contributed by atoms with Gasteiger partial charge in [0.1, 0.15) is 11.6 Å². The fraction of sp³-hybridized carbons (Fsp3) is 0.636. The van der Waals surface area contributed by atoms with E-state index in [1.54, 1.807) is 10.6 Å². The quantitative estimate of drug-likeness (QED) is 0.228. The van der Waals surface area contributed by atoms with Crippen molar-refractivity contribution in [2.24, 2.45) is 5.92 Å². The van der Waals surface area contributed by atoms with Gasteiger partial charge >= 0.3 is 5.97 Å². The summed E-state index contributed by atoms with van der Waals surface area (Å²) in [4.78, 5) is 33.3. The number of hydrogen-bond donors (Lipinski definition) is 1. The number of aliphatic carboxylic acids is 1. The van der Waals surface area contributed by atoms with Crippen molar-refractivity contribution in [3.05, 3.63) is 57.1 Å². The smallest absolute Gasteiger partial charge is 0.307 e. The highest BCUT2D eigenvalue weighted by molar-refractivity contribution is 5.79. The standard InChI is InChI=1S/C33H45FN4O4/c1-3-4-5-6-7-8-10-27(33(40)41)26-11-9-17-38-31(26)35-22(2)25(32(38)39)16-20-37-18-14-23(15-19-37)30-28-13-12-24(34)21-29(28)42-36-30/h12-13,21,23,26-27H,3-11,14-20H2,1-2H3,(H,40,41). The third-order valence-electron chi connectivity index (χ3n) is 9.51. The monoisotopic (exact) mass is 580 g/mol. The van der Waals surface area contributed by atoms with E-state index >= 15 is 0 Å². The maximum Gasteiger partial charge on any atom is 0.307 e. The van der Waals surface area contributed by atoms with Crippen molar-refractivity contribution in [2.45, 2.75) is 109 Å². The molecule has 3 aromatic rings. The molecule has 0 radical (unpaired) electrons. The largest absolute Gasteiger partial charge is 0.481 e. The SMILES string of the molecule is CCCCCCCCC(C(=O)O)C1CCCn2c1nc(C)c(CCN1CCC(c3noc4cc(F)ccc34)CC1)c2=O. The van der Waals surface area contributed by atoms with Crippen molar-refractivity contribution >= 4 is 16.9 Å². The molecule has 42 heavy (non-hydrogen) atoms. The molecule has 2 aliphatic rings. The Morgan fingerprint density at radius 1 is 1.12 bits per heavy atom. The lowest BCUT2D eigenvalue weighted by atomic mass is 9.82. The summed E-state index contributed by atoms with van der Waals surface area (Å²) in [7, 11) is 0. The summed E-state index contributed by atoms with van der Waals surface area (Å²) in [6, 6.07) is 4.58. The van der Waals surface area contributed by atoms with Gasteiger partial charge in [-0.2, -0.15) is 0 Å². The minimum Gasteiger partial charge on any atom is -0.481 e. The van der Waals surface area contributed by atoms with Crippen molar-refractivity contribution in [2.75, 3.05) is 19.6 Å². The van der Waals surface area contributed by atoms with Crippen molar-refractivity contribution in [3.63, 3.8) is 0 Å². The van der Waals surface area contributed by atoms with Crippen LogP contribution in [0.4, 0.5) is 4.39 Å². The summed E-state index contributed by atoms with van der Waals surface area (Å²) in [6.45, 7) is 7.25. The zero-order chi connectivity index (χ0) is 29.6. The Hall–Kier alpha value is -3.07. The molecule has 9 heteroatoms. The lowest BCUT2D eigenvalue weighted by Gasteiger charge is -2.32. The molecule has 0 bridgehead atoms. The van der Waals surface area contributed by atoms with Crippen LogP contribution >= 0.6 is 0 Å². The summed E-state index contributed by atoms with van der Waals surface area (Å²) in [6.07, 6.45) is 11.4. The summed E-state index contributed by atoms with van der Waals surface area (Å²) in [5.74, 6) is -0.870. The second-order valence-corrected chi connectivity index (χ2v) is 12.3. The Kier molecular flexibility index (Phi) is 10.1. The highest BCUT2D eigenvalue weighted by Crippen LogP contribution is 2.36. The summed E-state index contributed by atoms with van der Waals surface area (Å²) >= 11 is 0. The van der Waals surface area contributed by atoms with Gasteiger partial charge in [0.05, 0.1) is 11.6 Å². The molecule has 228 valence electrons. The zero-order valence-electron chi connectivity index (χ0n) is 25.1. The molecule has 2 atom stereocenters. The number of halogens is 1. The highest BCUT2D eigenvalue weighted by atomic mass is 19.1. The molecular formula is C33H45FN4O4. The van der Waals surface area contributed by atoms with Crippen LogP contribution in [0.5, 0.6) is 0 Å². The Morgan fingerprint density at radius 2 is 1.88 bits per heavy atom. The molecule has 0 aliphatic carbocycles. The third kappa shape index (κ3) is 6.77. The lowest BCUT2D eigenvalue weighted by molar-refractivity contribution is -0.143. The van der Waals surface area contributed by atoms with Crippen LogP contribution in [0.1, 0.15) is 112 Å². The lowest BCUT2D eigenvalue weighted by Crippen LogP contribution is -2.39. The molecule has 1 N–H and O–H groups in total. The maximum atomic E-state index is 13.7. The van der Waals surface area contributed by atoms with Crippen LogP contribution < -0.4 is 5.56 Å². The average molecular weight is 581 g/mol. The number of likely N-dealkylation sites (tertiary alicyclic amines) is 1. The maximum absolute atomic E-state index is 13.7. The third-order valence-corrected chi connectivity index (χ3v) is 9.51. The Labute approximate surface area is 247 Å². The number of carbonyl (C=O) groups is 1. The Bertz CT molecular complexity index is 1430. The predicted molar refractivity (Wildman–Crippen MR) is 160 cm³/mol. The molecule has 1 aromatic carbocycles. The molecule has 5 rings (SSSR count). The fourth-order valence-corrected chi connectivity index (χ4v) is 7.05. The van der Waals surface area contributed by atoms with Crippen LogP contribution in [0.3, 0.4) is 0 Å². The minimum absolute atomic E-state index is 0.00193. The summed E-state index contributed by atoms with van der Waals surface area (Å²) < 4.78 is 20.7. The first-order valence-electron chi connectivity index (χ1n) is 16.0. The van der Waals surface area contributed by atoms with E-state index in [1.807, 2.05) is 6.92 Å². The molecule has 0 amide bonds. The van der Waals surface area contributed by atoms with E-state index in [0.29, 0.717) is 30.8 Å². The first-order chi connectivity index (χ1) is 20.4. The van der Waals surface area contributed by atoms with Crippen LogP contribution in [-0.4, -0.2) is 50.3 Å². The minimum atomic E-state index is -0.771. The molecule has 8 nitrogen and oxygen atoms in total. The molecule has 1 saturated heterocycles. The number of unbranched alkanes of at least 4 members (excludes halogenated alkanes) is 5. The number of nitrogens with zero attached hydrogens (tertiary/aromatic N) is 4. The number of hydrogen-bond acceptors (Lipinski definition) is 6. The zero-order valence-corrected chi connectivity index (χ0v) is 25.1. The molecule has 0 spiro atoms. The van der Waals surface area contributed by atoms with Gasteiger partial charge in [0.25, 0.3) is 5.56 Å². The topological polar surface area (TPSA) is 101 Å². The van der Waals surface area contributed by atoms with E-state index < -0.39 is 11.9 Å². The van der Waals surface area contributed by atoms with E-state index in [0.717, 1.165) is 86.9 Å². The van der Waals surface area contributed by atoms with Crippen LogP contribution in [0, 0.1) is 18.7 Å². The second kappa shape index (κ2) is 13.9. The number of benzene rings is 1. The van der Waals surface area contributed by atoms with Crippen molar-refractivity contribution in [3.8, 4) is 0 Å². The number of piperidine rings is 1. The predicted octanol–water partition coefficient (Wildman–Crippen LogP) is 6.58. The van der Waals surface area contributed by atoms with Crippen molar-refractivity contribution in [1.82, 2.24) is 19.6 Å². The number of carboxylic acids is 1. The van der Waals surface area contributed by atoms with Gasteiger partial charge in [-0.25, -0.2) is 9.37 Å². The van der Waals surface area contributed by atoms with Gasteiger partial charge in [-0.1, -0.05) is 50.6 Å². The molecule has 2 unspecified atom stereocenters. The Balaban J connectivity index is 1.21. The van der Waals surface area contributed by atoms with E-state index in [4.69, 9.17) is 9.51 Å². The first kappa shape index (κ1) is 30.4. The number of carboxylic acid groups (broad SMARTS) is 1.